The van der Waals surface area contributed by atoms with E-state index in [9.17, 15) is 14.7 Å². The number of para-hydroxylation sites is 1. The van der Waals surface area contributed by atoms with Crippen LogP contribution < -0.4 is 5.32 Å². The van der Waals surface area contributed by atoms with Crippen LogP contribution in [0.5, 0.6) is 0 Å². The fraction of sp³-hybridized carbons (Fsp3) is 0.259. The van der Waals surface area contributed by atoms with Crippen molar-refractivity contribution in [3.63, 3.8) is 0 Å². The highest BCUT2D eigenvalue weighted by atomic mass is 16.5. The molecule has 0 aliphatic carbocycles. The number of carbonyl (C=O) groups is 2. The minimum absolute atomic E-state index is 0.0882. The lowest BCUT2D eigenvalue weighted by Crippen LogP contribution is -2.25. The Balaban J connectivity index is 0.00000187. The Kier molecular flexibility index (Phi) is 10.1. The molecule has 2 aromatic carbocycles. The molecule has 0 aliphatic heterocycles. The van der Waals surface area contributed by atoms with Crippen molar-refractivity contribution in [2.24, 2.45) is 5.92 Å². The molecule has 0 bridgehead atoms. The summed E-state index contributed by atoms with van der Waals surface area (Å²) in [5.74, 6) is -1.89. The van der Waals surface area contributed by atoms with Gasteiger partial charge in [0.05, 0.1) is 18.2 Å². The maximum atomic E-state index is 13.1. The quantitative estimate of drug-likeness (QED) is 0.294. The van der Waals surface area contributed by atoms with Crippen molar-refractivity contribution in [1.82, 2.24) is 0 Å². The van der Waals surface area contributed by atoms with Crippen LogP contribution >= 0.6 is 0 Å². The van der Waals surface area contributed by atoms with Gasteiger partial charge >= 0.3 is 5.97 Å². The molecule has 2 N–H and O–H groups in total. The number of rotatable bonds is 10. The smallest absolute Gasteiger partial charge is 0.312 e. The zero-order valence-electron chi connectivity index (χ0n) is 19.5. The van der Waals surface area contributed by atoms with Gasteiger partial charge in [-0.3, -0.25) is 9.59 Å². The van der Waals surface area contributed by atoms with E-state index in [1.807, 2.05) is 38.1 Å². The number of hydrogen-bond donors (Lipinski definition) is 2. The van der Waals surface area contributed by atoms with Gasteiger partial charge in [-0.1, -0.05) is 74.5 Å². The van der Waals surface area contributed by atoms with Gasteiger partial charge in [0.1, 0.15) is 5.58 Å². The number of ether oxygens (including phenoxy) is 1. The highest BCUT2D eigenvalue weighted by Crippen LogP contribution is 2.33. The molecule has 0 saturated heterocycles. The molecule has 0 fully saturated rings. The number of hydrogen-bond acceptors (Lipinski definition) is 5. The summed E-state index contributed by atoms with van der Waals surface area (Å²) in [7, 11) is 1.57. The van der Waals surface area contributed by atoms with E-state index in [-0.39, 0.29) is 18.1 Å². The topological polar surface area (TPSA) is 88.8 Å². The third-order valence-electron chi connectivity index (χ3n) is 4.93. The molecular weight excluding hydrogens is 418 g/mol. The molecule has 0 amide bonds. The highest BCUT2D eigenvalue weighted by molar-refractivity contribution is 6.14. The van der Waals surface area contributed by atoms with Crippen LogP contribution in [0.3, 0.4) is 0 Å². The molecule has 3 aromatic rings. The Morgan fingerprint density at radius 3 is 2.39 bits per heavy atom. The Labute approximate surface area is 194 Å². The number of carboxylic acids is 1. The summed E-state index contributed by atoms with van der Waals surface area (Å²) in [5, 5.41) is 13.7. The lowest BCUT2D eigenvalue weighted by Gasteiger charge is -2.16. The molecule has 0 spiro atoms. The molecule has 1 unspecified atom stereocenters. The van der Waals surface area contributed by atoms with Crippen molar-refractivity contribution >= 4 is 28.4 Å². The molecule has 0 radical (unpaired) electrons. The van der Waals surface area contributed by atoms with Gasteiger partial charge in [-0.15, -0.1) is 0 Å². The maximum Gasteiger partial charge on any atom is 0.312 e. The first-order valence-corrected chi connectivity index (χ1v) is 11.0. The molecule has 174 valence electrons. The fourth-order valence-corrected chi connectivity index (χ4v) is 3.35. The van der Waals surface area contributed by atoms with Gasteiger partial charge in [-0.05, 0) is 24.6 Å². The van der Waals surface area contributed by atoms with E-state index < -0.39 is 11.9 Å². The molecular formula is C27H31NO5. The van der Waals surface area contributed by atoms with Crippen LogP contribution in [-0.2, 0) is 9.53 Å². The van der Waals surface area contributed by atoms with Crippen LogP contribution in [-0.4, -0.2) is 37.1 Å². The number of furan rings is 1. The number of carboxylic acid groups (broad SMARTS) is 1. The number of nitrogens with one attached hydrogen (secondary N) is 1. The van der Waals surface area contributed by atoms with Crippen LogP contribution in [0.4, 0.5) is 5.69 Å². The van der Waals surface area contributed by atoms with E-state index in [2.05, 4.69) is 5.32 Å². The Morgan fingerprint density at radius 2 is 1.76 bits per heavy atom. The second-order valence-corrected chi connectivity index (χ2v) is 6.92. The van der Waals surface area contributed by atoms with Crippen LogP contribution in [0.2, 0.25) is 0 Å². The third kappa shape index (κ3) is 6.43. The molecule has 33 heavy (non-hydrogen) atoms. The van der Waals surface area contributed by atoms with Gasteiger partial charge in [-0.2, -0.15) is 0 Å². The third-order valence-corrected chi connectivity index (χ3v) is 4.93. The summed E-state index contributed by atoms with van der Waals surface area (Å²) < 4.78 is 10.9. The van der Waals surface area contributed by atoms with Gasteiger partial charge in [-0.25, -0.2) is 0 Å². The first kappa shape index (κ1) is 25.6. The normalized spacial score (nSPS) is 12.3. The summed E-state index contributed by atoms with van der Waals surface area (Å²) >= 11 is 0. The zero-order chi connectivity index (χ0) is 24.2. The van der Waals surface area contributed by atoms with Crippen LogP contribution in [0.15, 0.2) is 82.8 Å². The highest BCUT2D eigenvalue weighted by Gasteiger charge is 2.25. The van der Waals surface area contributed by atoms with Gasteiger partial charge in [0, 0.05) is 24.6 Å². The number of ketones is 1. The standard InChI is InChI=1S/C25H25NO5.C2H6/c1-3-17(12-9-15-30-2)20(25(28)29)16-26-22-19-13-7-8-14-21(19)31-24(22)23(27)18-10-5-4-6-11-18;1-2/h3-14,20,26H,15-16H2,1-2H3,(H,28,29);1-2H3/b12-9-,17-3+;. The Bertz CT molecular complexity index is 1110. The van der Waals surface area contributed by atoms with E-state index in [1.165, 1.54) is 0 Å². The lowest BCUT2D eigenvalue weighted by molar-refractivity contribution is -0.139. The fourth-order valence-electron chi connectivity index (χ4n) is 3.35. The molecule has 1 atom stereocenters. The van der Waals surface area contributed by atoms with Gasteiger partial charge in [0.25, 0.3) is 0 Å². The van der Waals surface area contributed by atoms with Crippen molar-refractivity contribution in [3.8, 4) is 0 Å². The van der Waals surface area contributed by atoms with E-state index in [0.29, 0.717) is 29.0 Å². The number of aliphatic carboxylic acids is 1. The molecule has 6 nitrogen and oxygen atoms in total. The van der Waals surface area contributed by atoms with Crippen molar-refractivity contribution in [3.05, 3.63) is 89.7 Å². The Morgan fingerprint density at radius 1 is 1.09 bits per heavy atom. The number of carbonyl (C=O) groups excluding carboxylic acids is 1. The largest absolute Gasteiger partial charge is 0.481 e. The molecule has 3 rings (SSSR count). The van der Waals surface area contributed by atoms with E-state index in [1.54, 1.807) is 62.6 Å². The zero-order valence-corrected chi connectivity index (χ0v) is 19.5. The molecule has 1 aromatic heterocycles. The van der Waals surface area contributed by atoms with Crippen LogP contribution in [0.25, 0.3) is 11.0 Å². The number of fused-ring (bicyclic) bond motifs is 1. The molecule has 0 aliphatic rings. The number of benzene rings is 2. The van der Waals surface area contributed by atoms with E-state index >= 15 is 0 Å². The van der Waals surface area contributed by atoms with Crippen molar-refractivity contribution < 1.29 is 23.8 Å². The molecule has 0 saturated carbocycles. The average Bonchev–Trinajstić information content (AvgIpc) is 3.22. The number of methoxy groups -OCH3 is 1. The predicted octanol–water partition coefficient (Wildman–Crippen LogP) is 5.95. The maximum absolute atomic E-state index is 13.1. The summed E-state index contributed by atoms with van der Waals surface area (Å²) in [5.41, 5.74) is 2.19. The van der Waals surface area contributed by atoms with Gasteiger partial charge in [0.2, 0.25) is 5.78 Å². The number of allylic oxidation sites excluding steroid dienone is 2. The second kappa shape index (κ2) is 13.0. The van der Waals surface area contributed by atoms with Gasteiger partial charge < -0.3 is 19.6 Å². The monoisotopic (exact) mass is 449 g/mol. The van der Waals surface area contributed by atoms with Crippen LogP contribution in [0.1, 0.15) is 36.9 Å². The summed E-state index contributed by atoms with van der Waals surface area (Å²) in [4.78, 5) is 25.1. The minimum Gasteiger partial charge on any atom is -0.481 e. The Hall–Kier alpha value is -3.64. The van der Waals surface area contributed by atoms with Crippen molar-refractivity contribution in [2.45, 2.75) is 20.8 Å². The first-order chi connectivity index (χ1) is 16.1. The summed E-state index contributed by atoms with van der Waals surface area (Å²) in [6, 6.07) is 16.1. The van der Waals surface area contributed by atoms with Crippen molar-refractivity contribution in [2.75, 3.05) is 25.6 Å². The number of anilines is 1. The molecule has 6 heteroatoms. The first-order valence-electron chi connectivity index (χ1n) is 11.0. The lowest BCUT2D eigenvalue weighted by atomic mass is 9.97. The SMILES string of the molecule is C/C=C(\C=C/COC)C(CNc1c(C(=O)c2ccccc2)oc2ccccc12)C(=O)O.CC. The minimum atomic E-state index is -0.966. The summed E-state index contributed by atoms with van der Waals surface area (Å²) in [6.45, 7) is 6.27. The van der Waals surface area contributed by atoms with Gasteiger partial charge in [0.15, 0.2) is 5.76 Å². The van der Waals surface area contributed by atoms with Crippen molar-refractivity contribution in [1.29, 1.82) is 0 Å². The second-order valence-electron chi connectivity index (χ2n) is 6.92. The van der Waals surface area contributed by atoms with Crippen LogP contribution in [0, 0.1) is 5.92 Å². The molecule has 1 heterocycles. The predicted molar refractivity (Wildman–Crippen MR) is 132 cm³/mol. The van der Waals surface area contributed by atoms with E-state index in [4.69, 9.17) is 9.15 Å². The summed E-state index contributed by atoms with van der Waals surface area (Å²) in [6.07, 6.45) is 5.27. The average molecular weight is 450 g/mol. The van der Waals surface area contributed by atoms with E-state index in [0.717, 1.165) is 5.39 Å².